The van der Waals surface area contributed by atoms with Crippen molar-refractivity contribution in [3.05, 3.63) is 0 Å². The molecule has 0 aromatic rings. The molecule has 0 aromatic carbocycles. The van der Waals surface area contributed by atoms with E-state index < -0.39 is 11.3 Å². The van der Waals surface area contributed by atoms with E-state index in [-0.39, 0.29) is 11.0 Å². The van der Waals surface area contributed by atoms with Crippen LogP contribution in [0.25, 0.3) is 0 Å². The number of nitrogens with two attached hydrogens (primary N) is 1. The SMILES string of the molecule is CC(C)(O)CCNC(C)(N)C(C)(C)CCOC(C)(C)C. The third kappa shape index (κ3) is 8.20. The van der Waals surface area contributed by atoms with Crippen molar-refractivity contribution in [2.45, 2.75) is 85.1 Å². The van der Waals surface area contributed by atoms with Gasteiger partial charge in [0.2, 0.25) is 0 Å². The van der Waals surface area contributed by atoms with Crippen LogP contribution in [0.15, 0.2) is 0 Å². The Morgan fingerprint density at radius 3 is 1.85 bits per heavy atom. The van der Waals surface area contributed by atoms with E-state index in [0.717, 1.165) is 6.42 Å². The zero-order valence-corrected chi connectivity index (χ0v) is 14.8. The lowest BCUT2D eigenvalue weighted by Crippen LogP contribution is -2.61. The normalized spacial score (nSPS) is 17.1. The summed E-state index contributed by atoms with van der Waals surface area (Å²) < 4.78 is 5.80. The zero-order valence-electron chi connectivity index (χ0n) is 14.8. The molecule has 0 bridgehead atoms. The highest BCUT2D eigenvalue weighted by Gasteiger charge is 2.37. The molecule has 0 radical (unpaired) electrons. The van der Waals surface area contributed by atoms with Gasteiger partial charge in [-0.25, -0.2) is 0 Å². The smallest absolute Gasteiger partial charge is 0.0686 e. The largest absolute Gasteiger partial charge is 0.390 e. The van der Waals surface area contributed by atoms with E-state index in [1.54, 1.807) is 0 Å². The molecule has 122 valence electrons. The molecular weight excluding hydrogens is 252 g/mol. The first-order valence-electron chi connectivity index (χ1n) is 7.57. The lowest BCUT2D eigenvalue weighted by Gasteiger charge is -2.43. The van der Waals surface area contributed by atoms with E-state index in [9.17, 15) is 5.11 Å². The minimum atomic E-state index is -0.664. The predicted octanol–water partition coefficient (Wildman–Crippen LogP) is 2.64. The Balaban J connectivity index is 4.34. The first kappa shape index (κ1) is 19.8. The molecule has 0 spiro atoms. The summed E-state index contributed by atoms with van der Waals surface area (Å²) in [5.41, 5.74) is 5.05. The average molecular weight is 288 g/mol. The van der Waals surface area contributed by atoms with E-state index in [2.05, 4.69) is 39.9 Å². The van der Waals surface area contributed by atoms with Crippen LogP contribution in [-0.4, -0.2) is 35.1 Å². The van der Waals surface area contributed by atoms with Crippen LogP contribution in [0.3, 0.4) is 0 Å². The van der Waals surface area contributed by atoms with Crippen molar-refractivity contribution in [2.75, 3.05) is 13.2 Å². The van der Waals surface area contributed by atoms with Crippen molar-refractivity contribution in [2.24, 2.45) is 11.1 Å². The molecule has 0 amide bonds. The van der Waals surface area contributed by atoms with Crippen LogP contribution in [0.4, 0.5) is 0 Å². The lowest BCUT2D eigenvalue weighted by molar-refractivity contribution is -0.0271. The molecule has 0 aliphatic carbocycles. The molecule has 0 heterocycles. The monoisotopic (exact) mass is 288 g/mol. The Bertz CT molecular complexity index is 256. The molecule has 0 rings (SSSR count). The maximum atomic E-state index is 9.75. The Morgan fingerprint density at radius 2 is 1.45 bits per heavy atom. The first-order valence-corrected chi connectivity index (χ1v) is 7.57. The van der Waals surface area contributed by atoms with Crippen LogP contribution in [-0.2, 0) is 4.74 Å². The minimum Gasteiger partial charge on any atom is -0.390 e. The fourth-order valence-electron chi connectivity index (χ4n) is 1.74. The molecule has 4 heteroatoms. The Kier molecular flexibility index (Phi) is 6.68. The molecule has 1 unspecified atom stereocenters. The number of hydrogen-bond donors (Lipinski definition) is 3. The topological polar surface area (TPSA) is 67.5 Å². The van der Waals surface area contributed by atoms with Crippen molar-refractivity contribution in [1.82, 2.24) is 5.32 Å². The van der Waals surface area contributed by atoms with Crippen LogP contribution in [0, 0.1) is 5.41 Å². The molecule has 0 aromatic heterocycles. The van der Waals surface area contributed by atoms with Gasteiger partial charge in [-0.1, -0.05) is 13.8 Å². The summed E-state index contributed by atoms with van der Waals surface area (Å²) in [5, 5.41) is 13.1. The van der Waals surface area contributed by atoms with Gasteiger partial charge >= 0.3 is 0 Å². The highest BCUT2D eigenvalue weighted by molar-refractivity contribution is 4.92. The van der Waals surface area contributed by atoms with Crippen LogP contribution in [0.1, 0.15) is 68.2 Å². The van der Waals surface area contributed by atoms with E-state index >= 15 is 0 Å². The maximum Gasteiger partial charge on any atom is 0.0686 e. The molecule has 0 saturated heterocycles. The standard InChI is InChI=1S/C16H36N2O2/c1-13(2,3)20-12-10-14(4,5)16(8,17)18-11-9-15(6,7)19/h18-19H,9-12,17H2,1-8H3. The Morgan fingerprint density at radius 1 is 0.950 bits per heavy atom. The second-order valence-corrected chi connectivity index (χ2v) is 8.29. The second-order valence-electron chi connectivity index (χ2n) is 8.29. The summed E-state index contributed by atoms with van der Waals surface area (Å²) in [6, 6.07) is 0. The third-order valence-corrected chi connectivity index (χ3v) is 3.90. The number of hydrogen-bond acceptors (Lipinski definition) is 4. The number of rotatable bonds is 8. The molecule has 0 aliphatic heterocycles. The summed E-state index contributed by atoms with van der Waals surface area (Å²) in [4.78, 5) is 0. The van der Waals surface area contributed by atoms with Gasteiger partial charge < -0.3 is 15.6 Å². The maximum absolute atomic E-state index is 9.75. The Hall–Kier alpha value is -0.160. The fourth-order valence-corrected chi connectivity index (χ4v) is 1.74. The quantitative estimate of drug-likeness (QED) is 0.601. The lowest BCUT2D eigenvalue weighted by atomic mass is 9.77. The van der Waals surface area contributed by atoms with Gasteiger partial charge in [0.05, 0.1) is 16.9 Å². The summed E-state index contributed by atoms with van der Waals surface area (Å²) in [5.74, 6) is 0. The average Bonchev–Trinajstić information content (AvgIpc) is 2.11. The zero-order chi connectivity index (χ0) is 16.2. The van der Waals surface area contributed by atoms with Gasteiger partial charge in [0, 0.05) is 6.61 Å². The van der Waals surface area contributed by atoms with E-state index in [0.29, 0.717) is 19.6 Å². The van der Waals surface area contributed by atoms with Crippen LogP contribution >= 0.6 is 0 Å². The molecular formula is C16H36N2O2. The number of nitrogens with one attached hydrogen (secondary N) is 1. The van der Waals surface area contributed by atoms with Crippen molar-refractivity contribution in [3.63, 3.8) is 0 Å². The second kappa shape index (κ2) is 6.73. The highest BCUT2D eigenvalue weighted by Crippen LogP contribution is 2.31. The van der Waals surface area contributed by atoms with Gasteiger partial charge in [-0.05, 0) is 66.3 Å². The third-order valence-electron chi connectivity index (χ3n) is 3.90. The predicted molar refractivity (Wildman–Crippen MR) is 85.6 cm³/mol. The summed E-state index contributed by atoms with van der Waals surface area (Å²) in [6.07, 6.45) is 1.56. The molecule has 1 atom stereocenters. The molecule has 4 N–H and O–H groups in total. The van der Waals surface area contributed by atoms with Crippen LogP contribution in [0.5, 0.6) is 0 Å². The van der Waals surface area contributed by atoms with Crippen molar-refractivity contribution < 1.29 is 9.84 Å². The highest BCUT2D eigenvalue weighted by atomic mass is 16.5. The van der Waals surface area contributed by atoms with Gasteiger partial charge in [0.1, 0.15) is 0 Å². The van der Waals surface area contributed by atoms with Gasteiger partial charge in [-0.2, -0.15) is 0 Å². The van der Waals surface area contributed by atoms with Crippen molar-refractivity contribution in [1.29, 1.82) is 0 Å². The van der Waals surface area contributed by atoms with E-state index in [4.69, 9.17) is 10.5 Å². The van der Waals surface area contributed by atoms with Crippen molar-refractivity contribution >= 4 is 0 Å². The number of ether oxygens (including phenoxy) is 1. The van der Waals surface area contributed by atoms with Gasteiger partial charge in [-0.3, -0.25) is 5.32 Å². The van der Waals surface area contributed by atoms with Gasteiger partial charge in [0.15, 0.2) is 0 Å². The van der Waals surface area contributed by atoms with Gasteiger partial charge in [-0.15, -0.1) is 0 Å². The van der Waals surface area contributed by atoms with Crippen molar-refractivity contribution in [3.8, 4) is 0 Å². The molecule has 0 saturated carbocycles. The first-order chi connectivity index (χ1) is 8.66. The van der Waals surface area contributed by atoms with Crippen LogP contribution < -0.4 is 11.1 Å². The van der Waals surface area contributed by atoms with E-state index in [1.807, 2.05) is 20.8 Å². The molecule has 20 heavy (non-hydrogen) atoms. The molecule has 0 aliphatic rings. The summed E-state index contributed by atoms with van der Waals surface area (Å²) in [7, 11) is 0. The van der Waals surface area contributed by atoms with Crippen LogP contribution in [0.2, 0.25) is 0 Å². The van der Waals surface area contributed by atoms with Gasteiger partial charge in [0.25, 0.3) is 0 Å². The molecule has 0 fully saturated rings. The molecule has 4 nitrogen and oxygen atoms in total. The number of aliphatic hydroxyl groups is 1. The Labute approximate surface area is 125 Å². The minimum absolute atomic E-state index is 0.0994. The summed E-state index contributed by atoms with van der Waals surface area (Å²) >= 11 is 0. The summed E-state index contributed by atoms with van der Waals surface area (Å²) in [6.45, 7) is 17.5. The fraction of sp³-hybridized carbons (Fsp3) is 1.00. The van der Waals surface area contributed by atoms with E-state index in [1.165, 1.54) is 0 Å².